The van der Waals surface area contributed by atoms with Crippen LogP contribution in [0.3, 0.4) is 0 Å². The van der Waals surface area contributed by atoms with Gasteiger partial charge in [0.25, 0.3) is 0 Å². The summed E-state index contributed by atoms with van der Waals surface area (Å²) in [5.41, 5.74) is 2.80. The zero-order valence-corrected chi connectivity index (χ0v) is 15.0. The number of nitrogens with one attached hydrogen (secondary N) is 1. The number of hydrogen-bond donors (Lipinski definition) is 2. The van der Waals surface area contributed by atoms with E-state index in [0.717, 1.165) is 57.9 Å². The van der Waals surface area contributed by atoms with Crippen LogP contribution in [0.5, 0.6) is 0 Å². The Hall–Kier alpha value is -2.51. The third-order valence-corrected chi connectivity index (χ3v) is 6.06. The van der Waals surface area contributed by atoms with Crippen molar-refractivity contribution in [3.8, 4) is 10.6 Å². The molecule has 0 radical (unpaired) electrons. The number of aliphatic hydroxyl groups is 1. The summed E-state index contributed by atoms with van der Waals surface area (Å²) in [5, 5.41) is 17.9. The SMILES string of the molecule is O[C@H]1CC[C@H](Nc2ccc3ncc(-c4cc5ncccc5s4)n3n2)CC1. The molecule has 7 heteroatoms. The number of nitrogens with zero attached hydrogens (tertiary/aromatic N) is 4. The molecule has 5 rings (SSSR count). The number of aliphatic hydroxyl groups excluding tert-OH is 1. The van der Waals surface area contributed by atoms with Crippen molar-refractivity contribution in [1.29, 1.82) is 0 Å². The van der Waals surface area contributed by atoms with Gasteiger partial charge < -0.3 is 10.4 Å². The molecule has 26 heavy (non-hydrogen) atoms. The fraction of sp³-hybridized carbons (Fsp3) is 0.316. The van der Waals surface area contributed by atoms with E-state index < -0.39 is 0 Å². The molecule has 0 amide bonds. The second-order valence-corrected chi connectivity index (χ2v) is 7.86. The zero-order chi connectivity index (χ0) is 17.5. The fourth-order valence-corrected chi connectivity index (χ4v) is 4.56. The van der Waals surface area contributed by atoms with E-state index in [4.69, 9.17) is 5.10 Å². The number of fused-ring (bicyclic) bond motifs is 2. The predicted molar refractivity (Wildman–Crippen MR) is 103 cm³/mol. The van der Waals surface area contributed by atoms with Crippen LogP contribution >= 0.6 is 11.3 Å². The maximum atomic E-state index is 9.67. The molecule has 4 aromatic heterocycles. The molecule has 0 saturated heterocycles. The first-order valence-electron chi connectivity index (χ1n) is 8.90. The van der Waals surface area contributed by atoms with Crippen LogP contribution in [0, 0.1) is 0 Å². The van der Waals surface area contributed by atoms with E-state index in [2.05, 4.69) is 27.4 Å². The lowest BCUT2D eigenvalue weighted by molar-refractivity contribution is 0.126. The molecular formula is C19H19N5OS. The quantitative estimate of drug-likeness (QED) is 0.579. The van der Waals surface area contributed by atoms with E-state index >= 15 is 0 Å². The molecule has 0 unspecified atom stereocenters. The van der Waals surface area contributed by atoms with Crippen LogP contribution in [0.15, 0.2) is 42.7 Å². The van der Waals surface area contributed by atoms with Gasteiger partial charge in [-0.1, -0.05) is 0 Å². The Morgan fingerprint density at radius 1 is 1.12 bits per heavy atom. The number of aromatic nitrogens is 4. The predicted octanol–water partition coefficient (Wildman–Crippen LogP) is 3.72. The van der Waals surface area contributed by atoms with Crippen molar-refractivity contribution >= 4 is 33.0 Å². The normalized spacial score (nSPS) is 20.7. The Balaban J connectivity index is 1.49. The fourth-order valence-electron chi connectivity index (χ4n) is 3.54. The molecule has 0 aliphatic heterocycles. The van der Waals surface area contributed by atoms with Crippen molar-refractivity contribution in [3.63, 3.8) is 0 Å². The van der Waals surface area contributed by atoms with Crippen molar-refractivity contribution in [2.45, 2.75) is 37.8 Å². The molecule has 0 aromatic carbocycles. The van der Waals surface area contributed by atoms with Gasteiger partial charge in [-0.25, -0.2) is 9.50 Å². The average molecular weight is 365 g/mol. The van der Waals surface area contributed by atoms with Crippen molar-refractivity contribution in [2.75, 3.05) is 5.32 Å². The summed E-state index contributed by atoms with van der Waals surface area (Å²) in [4.78, 5) is 10.0. The first kappa shape index (κ1) is 15.7. The number of hydrogen-bond acceptors (Lipinski definition) is 6. The number of imidazole rings is 1. The van der Waals surface area contributed by atoms with Crippen LogP contribution in [0.1, 0.15) is 25.7 Å². The van der Waals surface area contributed by atoms with Crippen molar-refractivity contribution < 1.29 is 5.11 Å². The van der Waals surface area contributed by atoms with E-state index in [9.17, 15) is 5.11 Å². The maximum Gasteiger partial charge on any atom is 0.154 e. The molecule has 1 saturated carbocycles. The van der Waals surface area contributed by atoms with Gasteiger partial charge in [-0.2, -0.15) is 0 Å². The minimum absolute atomic E-state index is 0.148. The number of anilines is 1. The van der Waals surface area contributed by atoms with Crippen LogP contribution < -0.4 is 5.32 Å². The summed E-state index contributed by atoms with van der Waals surface area (Å²) in [6.07, 6.45) is 7.18. The lowest BCUT2D eigenvalue weighted by Gasteiger charge is -2.26. The lowest BCUT2D eigenvalue weighted by Crippen LogP contribution is -2.28. The van der Waals surface area contributed by atoms with E-state index in [-0.39, 0.29) is 6.10 Å². The van der Waals surface area contributed by atoms with Crippen LogP contribution in [0.2, 0.25) is 0 Å². The number of thiophene rings is 1. The first-order valence-corrected chi connectivity index (χ1v) is 9.72. The lowest BCUT2D eigenvalue weighted by atomic mass is 9.93. The van der Waals surface area contributed by atoms with Crippen LogP contribution in [0.4, 0.5) is 5.82 Å². The Bertz CT molecular complexity index is 1030. The van der Waals surface area contributed by atoms with Crippen molar-refractivity contribution in [3.05, 3.63) is 42.7 Å². The monoisotopic (exact) mass is 365 g/mol. The van der Waals surface area contributed by atoms with E-state index in [1.54, 1.807) is 11.3 Å². The largest absolute Gasteiger partial charge is 0.393 e. The van der Waals surface area contributed by atoms with Gasteiger partial charge in [-0.05, 0) is 56.0 Å². The summed E-state index contributed by atoms with van der Waals surface area (Å²) in [7, 11) is 0. The molecule has 4 heterocycles. The highest BCUT2D eigenvalue weighted by Gasteiger charge is 2.20. The summed E-state index contributed by atoms with van der Waals surface area (Å²) < 4.78 is 3.05. The Kier molecular flexibility index (Phi) is 3.83. The Morgan fingerprint density at radius 2 is 2.00 bits per heavy atom. The molecule has 132 valence electrons. The molecule has 6 nitrogen and oxygen atoms in total. The molecule has 1 aliphatic rings. The minimum atomic E-state index is -0.148. The van der Waals surface area contributed by atoms with Gasteiger partial charge in [0.2, 0.25) is 0 Å². The summed E-state index contributed by atoms with van der Waals surface area (Å²) >= 11 is 1.70. The first-order chi connectivity index (χ1) is 12.8. The number of pyridine rings is 1. The van der Waals surface area contributed by atoms with Crippen molar-refractivity contribution in [1.82, 2.24) is 19.6 Å². The molecule has 1 aliphatic carbocycles. The smallest absolute Gasteiger partial charge is 0.154 e. The second kappa shape index (κ2) is 6.34. The van der Waals surface area contributed by atoms with E-state index in [1.807, 2.05) is 35.1 Å². The minimum Gasteiger partial charge on any atom is -0.393 e. The molecule has 1 fully saturated rings. The maximum absolute atomic E-state index is 9.67. The van der Waals surface area contributed by atoms with E-state index in [1.165, 1.54) is 0 Å². The van der Waals surface area contributed by atoms with Gasteiger partial charge in [-0.3, -0.25) is 4.98 Å². The molecule has 2 N–H and O–H groups in total. The van der Waals surface area contributed by atoms with Gasteiger partial charge >= 0.3 is 0 Å². The topological polar surface area (TPSA) is 75.3 Å². The summed E-state index contributed by atoms with van der Waals surface area (Å²) in [6, 6.07) is 10.5. The third kappa shape index (κ3) is 2.83. The number of rotatable bonds is 3. The molecule has 0 bridgehead atoms. The van der Waals surface area contributed by atoms with Crippen LogP contribution in [-0.4, -0.2) is 36.8 Å². The van der Waals surface area contributed by atoms with E-state index in [0.29, 0.717) is 6.04 Å². The Morgan fingerprint density at radius 3 is 2.85 bits per heavy atom. The standard InChI is InChI=1S/C19H19N5OS/c25-13-5-3-12(4-6-13)22-18-7-8-19-21-11-15(24(19)23-18)17-10-14-16(26-17)2-1-9-20-14/h1-2,7-13,25H,3-6H2,(H,22,23)/t12-,13-. The van der Waals surface area contributed by atoms with Crippen LogP contribution in [-0.2, 0) is 0 Å². The molecule has 4 aromatic rings. The highest BCUT2D eigenvalue weighted by molar-refractivity contribution is 7.22. The zero-order valence-electron chi connectivity index (χ0n) is 14.2. The van der Waals surface area contributed by atoms with Gasteiger partial charge in [-0.15, -0.1) is 16.4 Å². The summed E-state index contributed by atoms with van der Waals surface area (Å²) in [5.74, 6) is 0.845. The second-order valence-electron chi connectivity index (χ2n) is 6.78. The van der Waals surface area contributed by atoms with Gasteiger partial charge in [0.15, 0.2) is 5.65 Å². The molecule has 0 atom stereocenters. The Labute approximate surface area is 154 Å². The van der Waals surface area contributed by atoms with Crippen LogP contribution in [0.25, 0.3) is 26.4 Å². The third-order valence-electron chi connectivity index (χ3n) is 4.95. The highest BCUT2D eigenvalue weighted by Crippen LogP contribution is 2.32. The van der Waals surface area contributed by atoms with Crippen molar-refractivity contribution in [2.24, 2.45) is 0 Å². The van der Waals surface area contributed by atoms with Gasteiger partial charge in [0.1, 0.15) is 11.5 Å². The van der Waals surface area contributed by atoms with Gasteiger partial charge in [0.05, 0.1) is 27.4 Å². The highest BCUT2D eigenvalue weighted by atomic mass is 32.1. The summed E-state index contributed by atoms with van der Waals surface area (Å²) in [6.45, 7) is 0. The van der Waals surface area contributed by atoms with Gasteiger partial charge in [0, 0.05) is 12.2 Å². The molecular weight excluding hydrogens is 346 g/mol. The average Bonchev–Trinajstić information content (AvgIpc) is 3.26. The molecule has 0 spiro atoms.